The van der Waals surface area contributed by atoms with E-state index in [1.165, 1.54) is 19.1 Å². The van der Waals surface area contributed by atoms with E-state index < -0.39 is 17.7 Å². The van der Waals surface area contributed by atoms with Crippen LogP contribution < -0.4 is 5.32 Å². The molecule has 0 saturated carbocycles. The molecule has 0 aliphatic heterocycles. The average Bonchev–Trinajstić information content (AvgIpc) is 2.36. The summed E-state index contributed by atoms with van der Waals surface area (Å²) in [7, 11) is 0. The second kappa shape index (κ2) is 6.45. The van der Waals surface area contributed by atoms with Gasteiger partial charge < -0.3 is 10.1 Å². The van der Waals surface area contributed by atoms with Crippen LogP contribution in [0.1, 0.15) is 18.1 Å². The van der Waals surface area contributed by atoms with Gasteiger partial charge in [-0.1, -0.05) is 12.6 Å². The Hall–Kier alpha value is -1.98. The van der Waals surface area contributed by atoms with Gasteiger partial charge in [0.25, 0.3) is 0 Å². The molecule has 0 aliphatic rings. The molecule has 1 N–H and O–H groups in total. The summed E-state index contributed by atoms with van der Waals surface area (Å²) in [5.41, 5.74) is -0.133. The minimum atomic E-state index is -4.40. The lowest BCUT2D eigenvalue weighted by atomic mass is 10.1. The maximum atomic E-state index is 12.7. The van der Waals surface area contributed by atoms with Gasteiger partial charge in [0, 0.05) is 17.8 Å². The number of carbonyl (C=O) groups is 1. The van der Waals surface area contributed by atoms with E-state index in [0.29, 0.717) is 0 Å². The van der Waals surface area contributed by atoms with E-state index in [2.05, 4.69) is 11.9 Å². The van der Waals surface area contributed by atoms with Gasteiger partial charge in [0.15, 0.2) is 0 Å². The number of esters is 1. The molecule has 0 aromatic heterocycles. The van der Waals surface area contributed by atoms with Crippen molar-refractivity contribution in [2.45, 2.75) is 20.0 Å². The molecule has 0 heterocycles. The quantitative estimate of drug-likeness (QED) is 0.665. The summed E-state index contributed by atoms with van der Waals surface area (Å²) in [6, 6.07) is 3.90. The molecule has 1 aromatic rings. The first-order chi connectivity index (χ1) is 9.25. The first kappa shape index (κ1) is 16.1. The van der Waals surface area contributed by atoms with E-state index in [1.807, 2.05) is 0 Å². The van der Waals surface area contributed by atoms with Crippen molar-refractivity contribution in [3.63, 3.8) is 0 Å². The summed E-state index contributed by atoms with van der Waals surface area (Å²) in [6.45, 7) is 6.82. The second-order valence-corrected chi connectivity index (χ2v) is 4.21. The largest absolute Gasteiger partial charge is 0.463 e. The normalized spacial score (nSPS) is 11.1. The lowest BCUT2D eigenvalue weighted by Gasteiger charge is -2.13. The van der Waals surface area contributed by atoms with Gasteiger partial charge in [0.2, 0.25) is 0 Å². The van der Waals surface area contributed by atoms with E-state index in [9.17, 15) is 18.0 Å². The first-order valence-electron chi connectivity index (χ1n) is 6.02. The first-order valence-corrected chi connectivity index (χ1v) is 6.02. The number of rotatable bonds is 5. The minimum Gasteiger partial charge on any atom is -0.463 e. The van der Waals surface area contributed by atoms with Crippen LogP contribution in [0.25, 0.3) is 0 Å². The van der Waals surface area contributed by atoms with E-state index in [0.717, 1.165) is 6.07 Å². The summed E-state index contributed by atoms with van der Waals surface area (Å²) in [5.74, 6) is -0.567. The smallest absolute Gasteiger partial charge is 0.416 e. The molecule has 110 valence electrons. The summed E-state index contributed by atoms with van der Waals surface area (Å²) in [6.07, 6.45) is -4.40. The highest BCUT2D eigenvalue weighted by molar-refractivity contribution is 5.88. The zero-order chi connectivity index (χ0) is 15.3. The Bertz CT molecular complexity index is 510. The van der Waals surface area contributed by atoms with Crippen molar-refractivity contribution in [1.29, 1.82) is 0 Å². The molecular weight excluding hydrogens is 271 g/mol. The maximum Gasteiger partial charge on any atom is 0.416 e. The Labute approximate surface area is 115 Å². The number of halogens is 3. The number of hydrogen-bond acceptors (Lipinski definition) is 3. The van der Waals surface area contributed by atoms with Gasteiger partial charge in [0.1, 0.15) is 0 Å². The van der Waals surface area contributed by atoms with E-state index in [4.69, 9.17) is 4.74 Å². The molecule has 1 rings (SSSR count). The highest BCUT2D eigenvalue weighted by atomic mass is 19.4. The van der Waals surface area contributed by atoms with Gasteiger partial charge >= 0.3 is 12.1 Å². The topological polar surface area (TPSA) is 38.3 Å². The van der Waals surface area contributed by atoms with Gasteiger partial charge in [-0.25, -0.2) is 4.79 Å². The molecule has 1 aromatic carbocycles. The third kappa shape index (κ3) is 4.29. The van der Waals surface area contributed by atoms with Crippen molar-refractivity contribution >= 4 is 11.7 Å². The standard InChI is InChI=1S/C14H16F3NO2/c1-4-20-13(19)10(3)8-18-11-6-5-9(2)12(7-11)14(15,16)17/h5-7,18H,3-4,8H2,1-2H3. The molecule has 0 amide bonds. The molecule has 0 bridgehead atoms. The number of benzene rings is 1. The fourth-order valence-electron chi connectivity index (χ4n) is 1.55. The zero-order valence-electron chi connectivity index (χ0n) is 11.3. The molecule has 3 nitrogen and oxygen atoms in total. The highest BCUT2D eigenvalue weighted by Gasteiger charge is 2.32. The predicted molar refractivity (Wildman–Crippen MR) is 70.4 cm³/mol. The van der Waals surface area contributed by atoms with Crippen LogP contribution in [0.4, 0.5) is 18.9 Å². The van der Waals surface area contributed by atoms with Crippen molar-refractivity contribution in [3.05, 3.63) is 41.5 Å². The number of aryl methyl sites for hydroxylation is 1. The van der Waals surface area contributed by atoms with Crippen LogP contribution in [0.2, 0.25) is 0 Å². The highest BCUT2D eigenvalue weighted by Crippen LogP contribution is 2.33. The number of carbonyl (C=O) groups excluding carboxylic acids is 1. The summed E-state index contributed by atoms with van der Waals surface area (Å²) in [4.78, 5) is 11.3. The Morgan fingerprint density at radius 2 is 2.05 bits per heavy atom. The van der Waals surface area contributed by atoms with Crippen molar-refractivity contribution < 1.29 is 22.7 Å². The number of anilines is 1. The molecule has 6 heteroatoms. The van der Waals surface area contributed by atoms with Crippen molar-refractivity contribution in [1.82, 2.24) is 0 Å². The molecule has 0 fully saturated rings. The number of alkyl halides is 3. The fourth-order valence-corrected chi connectivity index (χ4v) is 1.55. The van der Waals surface area contributed by atoms with Gasteiger partial charge in [-0.2, -0.15) is 13.2 Å². The molecule has 0 unspecified atom stereocenters. The molecule has 0 radical (unpaired) electrons. The fraction of sp³-hybridized carbons (Fsp3) is 0.357. The van der Waals surface area contributed by atoms with Crippen LogP contribution in [0.3, 0.4) is 0 Å². The molecule has 0 aliphatic carbocycles. The Morgan fingerprint density at radius 1 is 1.40 bits per heavy atom. The van der Waals surface area contributed by atoms with Crippen LogP contribution in [-0.2, 0) is 15.7 Å². The van der Waals surface area contributed by atoms with Crippen LogP contribution in [0, 0.1) is 6.92 Å². The van der Waals surface area contributed by atoms with Crippen molar-refractivity contribution in [2.24, 2.45) is 0 Å². The second-order valence-electron chi connectivity index (χ2n) is 4.21. The van der Waals surface area contributed by atoms with E-state index >= 15 is 0 Å². The van der Waals surface area contributed by atoms with Gasteiger partial charge in [-0.05, 0) is 31.5 Å². The molecule has 0 saturated heterocycles. The number of nitrogens with one attached hydrogen (secondary N) is 1. The SMILES string of the molecule is C=C(CNc1ccc(C)c(C(F)(F)F)c1)C(=O)OCC. The van der Waals surface area contributed by atoms with Crippen LogP contribution in [0.5, 0.6) is 0 Å². The van der Waals surface area contributed by atoms with Crippen LogP contribution in [0.15, 0.2) is 30.4 Å². The molecule has 20 heavy (non-hydrogen) atoms. The molecule has 0 atom stereocenters. The van der Waals surface area contributed by atoms with Crippen LogP contribution >= 0.6 is 0 Å². The number of ether oxygens (including phenoxy) is 1. The Morgan fingerprint density at radius 3 is 2.60 bits per heavy atom. The molecular formula is C14H16F3NO2. The van der Waals surface area contributed by atoms with E-state index in [1.54, 1.807) is 6.92 Å². The summed E-state index contributed by atoms with van der Waals surface area (Å²) in [5, 5.41) is 2.72. The monoisotopic (exact) mass is 287 g/mol. The van der Waals surface area contributed by atoms with Crippen LogP contribution in [-0.4, -0.2) is 19.1 Å². The average molecular weight is 287 g/mol. The van der Waals surface area contributed by atoms with Gasteiger partial charge in [-0.3, -0.25) is 0 Å². The summed E-state index contributed by atoms with van der Waals surface area (Å²) >= 11 is 0. The summed E-state index contributed by atoms with van der Waals surface area (Å²) < 4.78 is 42.9. The third-order valence-corrected chi connectivity index (χ3v) is 2.61. The maximum absolute atomic E-state index is 12.7. The van der Waals surface area contributed by atoms with Gasteiger partial charge in [0.05, 0.1) is 12.2 Å². The lowest BCUT2D eigenvalue weighted by molar-refractivity contribution is -0.139. The van der Waals surface area contributed by atoms with Gasteiger partial charge in [-0.15, -0.1) is 0 Å². The van der Waals surface area contributed by atoms with Crippen molar-refractivity contribution in [2.75, 3.05) is 18.5 Å². The minimum absolute atomic E-state index is 0.0270. The lowest BCUT2D eigenvalue weighted by Crippen LogP contribution is -2.15. The predicted octanol–water partition coefficient (Wildman–Crippen LogP) is 3.55. The third-order valence-electron chi connectivity index (χ3n) is 2.61. The zero-order valence-corrected chi connectivity index (χ0v) is 11.3. The Kier molecular flexibility index (Phi) is 5.19. The Balaban J connectivity index is 2.75. The van der Waals surface area contributed by atoms with Crippen molar-refractivity contribution in [3.8, 4) is 0 Å². The number of hydrogen-bond donors (Lipinski definition) is 1. The molecule has 0 spiro atoms. The van der Waals surface area contributed by atoms with E-state index in [-0.39, 0.29) is 30.0 Å².